The number of aromatic nitrogens is 4. The minimum atomic E-state index is -1.63. The average molecular weight is 360 g/mol. The Balaban J connectivity index is 1.89. The molecule has 1 saturated heterocycles. The molecule has 1 saturated carbocycles. The van der Waals surface area contributed by atoms with Crippen molar-refractivity contribution >= 4 is 17.0 Å². The topological polar surface area (TPSA) is 149 Å². The summed E-state index contributed by atoms with van der Waals surface area (Å²) in [6.45, 7) is 5.45. The molecule has 0 amide bonds. The largest absolute Gasteiger partial charge is 0.394 e. The summed E-state index contributed by atoms with van der Waals surface area (Å²) in [4.78, 5) is 12.6. The zero-order chi connectivity index (χ0) is 18.9. The van der Waals surface area contributed by atoms with Crippen molar-refractivity contribution in [1.82, 2.24) is 19.5 Å². The number of imidazole rings is 1. The van der Waals surface area contributed by atoms with Gasteiger partial charge < -0.3 is 25.4 Å². The van der Waals surface area contributed by atoms with Crippen molar-refractivity contribution in [2.75, 3.05) is 18.5 Å². The molecule has 10 nitrogen and oxygen atoms in total. The maximum Gasteiger partial charge on any atom is 0.236 e. The van der Waals surface area contributed by atoms with Gasteiger partial charge in [-0.2, -0.15) is 15.2 Å². The molecular weight excluding hydrogens is 340 g/mol. The number of aliphatic hydroxyl groups excluding tert-OH is 1. The molecule has 4 atom stereocenters. The first-order valence-corrected chi connectivity index (χ1v) is 8.37. The van der Waals surface area contributed by atoms with Gasteiger partial charge in [0, 0.05) is 12.0 Å². The molecule has 0 bridgehead atoms. The van der Waals surface area contributed by atoms with E-state index in [-0.39, 0.29) is 5.82 Å². The summed E-state index contributed by atoms with van der Waals surface area (Å²) in [7, 11) is 0. The van der Waals surface area contributed by atoms with Crippen molar-refractivity contribution in [3.8, 4) is 6.07 Å². The first-order chi connectivity index (χ1) is 12.3. The monoisotopic (exact) mass is 360 g/mol. The van der Waals surface area contributed by atoms with Crippen LogP contribution in [0.3, 0.4) is 0 Å². The second kappa shape index (κ2) is 5.11. The van der Waals surface area contributed by atoms with Crippen LogP contribution in [0.15, 0.2) is 6.33 Å². The van der Waals surface area contributed by atoms with Crippen molar-refractivity contribution in [2.24, 2.45) is 5.41 Å². The Morgan fingerprint density at radius 1 is 1.35 bits per heavy atom. The normalized spacial score (nSPS) is 34.5. The van der Waals surface area contributed by atoms with Crippen LogP contribution in [-0.2, 0) is 4.74 Å². The number of aliphatic hydroxyl groups is 3. The standard InChI is InChI=1S/C16H20N6O4/c1-4-18-11-10-12(21-9(5-17)20-11)22(7-19-10)13-16(25)14(2,3)15(16,24)8(6-23)26-13/h7-8,13,23-25H,4,6H2,1-3H3,(H,18,20,21)/t8-,13-,15-,16+/m1/s1. The van der Waals surface area contributed by atoms with Gasteiger partial charge in [0.05, 0.1) is 12.9 Å². The van der Waals surface area contributed by atoms with Crippen LogP contribution in [-0.4, -0.2) is 65.3 Å². The molecule has 4 rings (SSSR count). The quantitative estimate of drug-likeness (QED) is 0.567. The van der Waals surface area contributed by atoms with Crippen LogP contribution < -0.4 is 5.32 Å². The van der Waals surface area contributed by atoms with Crippen molar-refractivity contribution in [1.29, 1.82) is 5.26 Å². The van der Waals surface area contributed by atoms with Crippen molar-refractivity contribution in [3.05, 3.63) is 12.2 Å². The summed E-state index contributed by atoms with van der Waals surface area (Å²) >= 11 is 0. The maximum absolute atomic E-state index is 11.2. The molecule has 1 aliphatic carbocycles. The Hall–Kier alpha value is -2.32. The van der Waals surface area contributed by atoms with Gasteiger partial charge >= 0.3 is 0 Å². The van der Waals surface area contributed by atoms with Gasteiger partial charge in [-0.25, -0.2) is 4.98 Å². The summed E-state index contributed by atoms with van der Waals surface area (Å²) < 4.78 is 7.23. The minimum absolute atomic E-state index is 0.0517. The molecule has 4 N–H and O–H groups in total. The Bertz CT molecular complexity index is 937. The third-order valence-corrected chi connectivity index (χ3v) is 5.82. The smallest absolute Gasteiger partial charge is 0.236 e. The molecule has 3 heterocycles. The number of rotatable bonds is 4. The zero-order valence-corrected chi connectivity index (χ0v) is 14.6. The summed E-state index contributed by atoms with van der Waals surface area (Å²) in [6.07, 6.45) is -0.533. The SMILES string of the molecule is CCNc1nc(C#N)nc2c1ncn2[C@@H]1O[C@H](CO)[C@@]2(O)C(C)(C)[C@@]12O. The van der Waals surface area contributed by atoms with E-state index in [9.17, 15) is 20.6 Å². The highest BCUT2D eigenvalue weighted by molar-refractivity contribution is 5.83. The van der Waals surface area contributed by atoms with Crippen LogP contribution in [0.4, 0.5) is 5.82 Å². The predicted octanol–water partition coefficient (Wildman–Crippen LogP) is -0.479. The molecule has 2 aromatic heterocycles. The third kappa shape index (κ3) is 1.66. The molecule has 138 valence electrons. The first-order valence-electron chi connectivity index (χ1n) is 8.37. The van der Waals surface area contributed by atoms with E-state index in [1.165, 1.54) is 10.9 Å². The number of nitrogens with one attached hydrogen (secondary N) is 1. The number of anilines is 1. The van der Waals surface area contributed by atoms with Gasteiger partial charge in [0.25, 0.3) is 0 Å². The van der Waals surface area contributed by atoms with Crippen molar-refractivity contribution in [2.45, 2.75) is 44.3 Å². The Labute approximate surface area is 149 Å². The summed E-state index contributed by atoms with van der Waals surface area (Å²) in [5, 5.41) is 44.0. The van der Waals surface area contributed by atoms with E-state index >= 15 is 0 Å². The van der Waals surface area contributed by atoms with E-state index in [4.69, 9.17) is 4.74 Å². The van der Waals surface area contributed by atoms with Gasteiger partial charge in [-0.1, -0.05) is 13.8 Å². The second-order valence-corrected chi connectivity index (χ2v) is 7.18. The summed E-state index contributed by atoms with van der Waals surface area (Å²) in [5.74, 6) is 0.353. The van der Waals surface area contributed by atoms with E-state index in [1.807, 2.05) is 13.0 Å². The molecule has 2 fully saturated rings. The second-order valence-electron chi connectivity index (χ2n) is 7.18. The highest BCUT2D eigenvalue weighted by Gasteiger charge is 2.92. The van der Waals surface area contributed by atoms with E-state index in [1.54, 1.807) is 13.8 Å². The molecule has 2 aliphatic rings. The number of nitriles is 1. The molecule has 0 aromatic carbocycles. The highest BCUT2D eigenvalue weighted by atomic mass is 16.6. The van der Waals surface area contributed by atoms with E-state index in [0.717, 1.165) is 0 Å². The van der Waals surface area contributed by atoms with E-state index in [2.05, 4.69) is 20.3 Å². The molecule has 26 heavy (non-hydrogen) atoms. The van der Waals surface area contributed by atoms with E-state index < -0.39 is 35.6 Å². The number of nitrogens with zero attached hydrogens (tertiary/aromatic N) is 5. The molecule has 0 spiro atoms. The fourth-order valence-electron chi connectivity index (χ4n) is 4.26. The lowest BCUT2D eigenvalue weighted by Gasteiger charge is -2.26. The lowest BCUT2D eigenvalue weighted by Crippen LogP contribution is -2.36. The third-order valence-electron chi connectivity index (χ3n) is 5.82. The lowest BCUT2D eigenvalue weighted by atomic mass is 10.0. The predicted molar refractivity (Wildman–Crippen MR) is 88.9 cm³/mol. The summed E-state index contributed by atoms with van der Waals surface area (Å²) in [5.41, 5.74) is -3.40. The number of fused-ring (bicyclic) bond motifs is 2. The van der Waals surface area contributed by atoms with Crippen LogP contribution in [0.25, 0.3) is 11.2 Å². The number of hydrogen-bond donors (Lipinski definition) is 4. The lowest BCUT2D eigenvalue weighted by molar-refractivity contribution is -0.123. The Kier molecular flexibility index (Phi) is 3.36. The van der Waals surface area contributed by atoms with Gasteiger partial charge in [-0.05, 0) is 6.92 Å². The van der Waals surface area contributed by atoms with Crippen LogP contribution in [0.2, 0.25) is 0 Å². The molecule has 2 aromatic rings. The minimum Gasteiger partial charge on any atom is -0.394 e. The highest BCUT2D eigenvalue weighted by Crippen LogP contribution is 2.75. The molecular formula is C16H20N6O4. The van der Waals surface area contributed by atoms with Gasteiger partial charge in [0.1, 0.15) is 23.4 Å². The fraction of sp³-hybridized carbons (Fsp3) is 0.625. The van der Waals surface area contributed by atoms with Gasteiger partial charge in [0.2, 0.25) is 5.82 Å². The summed E-state index contributed by atoms with van der Waals surface area (Å²) in [6, 6.07) is 1.90. The van der Waals surface area contributed by atoms with Crippen LogP contribution in [0.1, 0.15) is 32.8 Å². The maximum atomic E-state index is 11.2. The Morgan fingerprint density at radius 3 is 2.65 bits per heavy atom. The fourth-order valence-corrected chi connectivity index (χ4v) is 4.26. The van der Waals surface area contributed by atoms with Crippen molar-refractivity contribution < 1.29 is 20.1 Å². The first kappa shape index (κ1) is 17.1. The number of ether oxygens (including phenoxy) is 1. The molecule has 10 heteroatoms. The number of hydrogen-bond acceptors (Lipinski definition) is 9. The molecule has 1 aliphatic heterocycles. The molecule has 0 unspecified atom stereocenters. The van der Waals surface area contributed by atoms with E-state index in [0.29, 0.717) is 23.5 Å². The van der Waals surface area contributed by atoms with Crippen LogP contribution >= 0.6 is 0 Å². The average Bonchev–Trinajstić information content (AvgIpc) is 2.99. The van der Waals surface area contributed by atoms with Gasteiger partial charge in [0.15, 0.2) is 23.2 Å². The van der Waals surface area contributed by atoms with Gasteiger partial charge in [-0.3, -0.25) is 4.57 Å². The Morgan fingerprint density at radius 2 is 2.08 bits per heavy atom. The van der Waals surface area contributed by atoms with Gasteiger partial charge in [-0.15, -0.1) is 0 Å². The van der Waals surface area contributed by atoms with Crippen molar-refractivity contribution in [3.63, 3.8) is 0 Å². The van der Waals surface area contributed by atoms with Crippen LogP contribution in [0.5, 0.6) is 0 Å². The molecule has 0 radical (unpaired) electrons. The zero-order valence-electron chi connectivity index (χ0n) is 14.6. The van der Waals surface area contributed by atoms with Crippen LogP contribution in [0, 0.1) is 16.7 Å².